The summed E-state index contributed by atoms with van der Waals surface area (Å²) < 4.78 is 21.9. The zero-order valence-electron chi connectivity index (χ0n) is 17.1. The van der Waals surface area contributed by atoms with Gasteiger partial charge < -0.3 is 24.7 Å². The van der Waals surface area contributed by atoms with Crippen LogP contribution in [-0.4, -0.2) is 42.6 Å². The molecule has 1 atom stereocenters. The second-order valence-corrected chi connectivity index (χ2v) is 6.16. The third kappa shape index (κ3) is 4.43. The fourth-order valence-electron chi connectivity index (χ4n) is 2.94. The van der Waals surface area contributed by atoms with Gasteiger partial charge in [-0.3, -0.25) is 5.10 Å². The highest BCUT2D eigenvalue weighted by Gasteiger charge is 2.18. The third-order valence-electron chi connectivity index (χ3n) is 4.37. The second kappa shape index (κ2) is 9.29. The van der Waals surface area contributed by atoms with Crippen molar-refractivity contribution in [1.29, 1.82) is 0 Å². The van der Waals surface area contributed by atoms with Gasteiger partial charge in [-0.05, 0) is 49.7 Å². The predicted octanol–water partition coefficient (Wildman–Crippen LogP) is 3.33. The van der Waals surface area contributed by atoms with Gasteiger partial charge in [-0.2, -0.15) is 5.10 Å². The number of rotatable bonds is 9. The summed E-state index contributed by atoms with van der Waals surface area (Å²) in [6.07, 6.45) is 0. The fourth-order valence-corrected chi connectivity index (χ4v) is 2.94. The highest BCUT2D eigenvalue weighted by atomic mass is 16.5. The van der Waals surface area contributed by atoms with E-state index in [4.69, 9.17) is 24.7 Å². The molecular weight excluding hydrogens is 372 g/mol. The van der Waals surface area contributed by atoms with Gasteiger partial charge in [-0.1, -0.05) is 6.07 Å². The molecule has 3 N–H and O–H groups in total. The number of aromatic nitrogens is 3. The highest BCUT2D eigenvalue weighted by Crippen LogP contribution is 2.33. The van der Waals surface area contributed by atoms with Crippen molar-refractivity contribution in [2.75, 3.05) is 27.4 Å². The van der Waals surface area contributed by atoms with Gasteiger partial charge in [0.2, 0.25) is 0 Å². The van der Waals surface area contributed by atoms with Crippen LogP contribution in [0.3, 0.4) is 0 Å². The van der Waals surface area contributed by atoms with Crippen LogP contribution in [0.15, 0.2) is 36.4 Å². The van der Waals surface area contributed by atoms with E-state index in [2.05, 4.69) is 15.2 Å². The molecule has 0 unspecified atom stereocenters. The SMILES string of the molecule is CCOc1ccc([C@H](N)c2nc(-c3ccc(OC)c(OC)c3)n[nH]2)cc1OCC. The van der Waals surface area contributed by atoms with Crippen LogP contribution in [0.4, 0.5) is 0 Å². The van der Waals surface area contributed by atoms with E-state index in [1.54, 1.807) is 14.2 Å². The van der Waals surface area contributed by atoms with Crippen LogP contribution in [0.2, 0.25) is 0 Å². The van der Waals surface area contributed by atoms with Gasteiger partial charge in [0.15, 0.2) is 28.8 Å². The standard InChI is InChI=1S/C21H26N4O4/c1-5-28-16-10-7-13(11-18(16)29-6-2)19(22)21-23-20(24-25-21)14-8-9-15(26-3)17(12-14)27-4/h7-12,19H,5-6,22H2,1-4H3,(H,23,24,25)/t19-/m0/s1. The van der Waals surface area contributed by atoms with E-state index in [1.807, 2.05) is 50.2 Å². The molecule has 0 spiro atoms. The van der Waals surface area contributed by atoms with Crippen LogP contribution in [-0.2, 0) is 0 Å². The van der Waals surface area contributed by atoms with Gasteiger partial charge in [0.25, 0.3) is 0 Å². The van der Waals surface area contributed by atoms with Crippen LogP contribution in [0, 0.1) is 0 Å². The lowest BCUT2D eigenvalue weighted by Gasteiger charge is -2.14. The molecule has 0 aliphatic rings. The summed E-state index contributed by atoms with van der Waals surface area (Å²) >= 11 is 0. The molecule has 0 saturated carbocycles. The highest BCUT2D eigenvalue weighted by molar-refractivity contribution is 5.61. The maximum Gasteiger partial charge on any atom is 0.181 e. The number of nitrogens with two attached hydrogens (primary N) is 1. The zero-order chi connectivity index (χ0) is 20.8. The van der Waals surface area contributed by atoms with E-state index < -0.39 is 6.04 Å². The van der Waals surface area contributed by atoms with Crippen molar-refractivity contribution in [3.8, 4) is 34.4 Å². The number of hydrogen-bond donors (Lipinski definition) is 2. The molecule has 29 heavy (non-hydrogen) atoms. The van der Waals surface area contributed by atoms with Crippen molar-refractivity contribution < 1.29 is 18.9 Å². The molecule has 0 amide bonds. The van der Waals surface area contributed by atoms with Crippen LogP contribution >= 0.6 is 0 Å². The van der Waals surface area contributed by atoms with Crippen LogP contribution in [0.5, 0.6) is 23.0 Å². The first kappa shape index (κ1) is 20.5. The van der Waals surface area contributed by atoms with E-state index >= 15 is 0 Å². The van der Waals surface area contributed by atoms with Crippen LogP contribution in [0.25, 0.3) is 11.4 Å². The summed E-state index contributed by atoms with van der Waals surface area (Å²) in [5, 5.41) is 7.23. The van der Waals surface area contributed by atoms with Crippen molar-refractivity contribution in [3.05, 3.63) is 47.8 Å². The molecule has 0 saturated heterocycles. The Balaban J connectivity index is 1.87. The molecule has 3 rings (SSSR count). The lowest BCUT2D eigenvalue weighted by molar-refractivity contribution is 0.287. The Labute approximate surface area is 170 Å². The van der Waals surface area contributed by atoms with E-state index in [-0.39, 0.29) is 0 Å². The van der Waals surface area contributed by atoms with Gasteiger partial charge in [-0.15, -0.1) is 0 Å². The molecule has 0 radical (unpaired) electrons. The quantitative estimate of drug-likeness (QED) is 0.569. The van der Waals surface area contributed by atoms with E-state index in [1.165, 1.54) is 0 Å². The van der Waals surface area contributed by atoms with Crippen molar-refractivity contribution >= 4 is 0 Å². The topological polar surface area (TPSA) is 105 Å². The molecule has 0 aliphatic heterocycles. The number of hydrogen-bond acceptors (Lipinski definition) is 7. The number of benzene rings is 2. The molecule has 1 heterocycles. The first-order chi connectivity index (χ1) is 14.1. The number of nitrogens with zero attached hydrogens (tertiary/aromatic N) is 2. The van der Waals surface area contributed by atoms with Crippen LogP contribution in [0.1, 0.15) is 31.3 Å². The van der Waals surface area contributed by atoms with E-state index in [0.717, 1.165) is 11.1 Å². The number of ether oxygens (including phenoxy) is 4. The van der Waals surface area contributed by atoms with Crippen molar-refractivity contribution in [2.24, 2.45) is 5.73 Å². The summed E-state index contributed by atoms with van der Waals surface area (Å²) in [5.41, 5.74) is 8.05. The van der Waals surface area contributed by atoms with Gasteiger partial charge in [0.1, 0.15) is 5.82 Å². The first-order valence-electron chi connectivity index (χ1n) is 9.41. The molecule has 8 nitrogen and oxygen atoms in total. The minimum atomic E-state index is -0.494. The predicted molar refractivity (Wildman–Crippen MR) is 110 cm³/mol. The number of H-pyrrole nitrogens is 1. The lowest BCUT2D eigenvalue weighted by atomic mass is 10.1. The summed E-state index contributed by atoms with van der Waals surface area (Å²) in [7, 11) is 3.18. The first-order valence-corrected chi connectivity index (χ1v) is 9.41. The number of methoxy groups -OCH3 is 2. The van der Waals surface area contributed by atoms with Gasteiger partial charge >= 0.3 is 0 Å². The van der Waals surface area contributed by atoms with Gasteiger partial charge in [-0.25, -0.2) is 4.98 Å². The average Bonchev–Trinajstić information content (AvgIpc) is 3.24. The Hall–Kier alpha value is -3.26. The van der Waals surface area contributed by atoms with Gasteiger partial charge in [0.05, 0.1) is 33.5 Å². The number of aromatic amines is 1. The molecule has 8 heteroatoms. The minimum absolute atomic E-state index is 0.494. The molecule has 0 bridgehead atoms. The summed E-state index contributed by atoms with van der Waals surface area (Å²) in [6, 6.07) is 10.6. The fraction of sp³-hybridized carbons (Fsp3) is 0.333. The van der Waals surface area contributed by atoms with E-state index in [0.29, 0.717) is 47.9 Å². The Morgan fingerprint density at radius 3 is 2.28 bits per heavy atom. The smallest absolute Gasteiger partial charge is 0.181 e. The molecule has 2 aromatic carbocycles. The average molecular weight is 398 g/mol. The Bertz CT molecular complexity index is 958. The molecular formula is C21H26N4O4. The Morgan fingerprint density at radius 1 is 0.897 bits per heavy atom. The van der Waals surface area contributed by atoms with Gasteiger partial charge in [0, 0.05) is 5.56 Å². The normalized spacial score (nSPS) is 11.8. The van der Waals surface area contributed by atoms with Crippen molar-refractivity contribution in [3.63, 3.8) is 0 Å². The molecule has 154 valence electrons. The molecule has 0 fully saturated rings. The summed E-state index contributed by atoms with van der Waals surface area (Å²) in [5.74, 6) is 3.65. The van der Waals surface area contributed by atoms with Crippen molar-refractivity contribution in [2.45, 2.75) is 19.9 Å². The summed E-state index contributed by atoms with van der Waals surface area (Å²) in [6.45, 7) is 4.94. The Kier molecular flexibility index (Phi) is 6.56. The molecule has 0 aliphatic carbocycles. The summed E-state index contributed by atoms with van der Waals surface area (Å²) in [4.78, 5) is 4.56. The van der Waals surface area contributed by atoms with Crippen molar-refractivity contribution in [1.82, 2.24) is 15.2 Å². The zero-order valence-corrected chi connectivity index (χ0v) is 17.1. The Morgan fingerprint density at radius 2 is 1.59 bits per heavy atom. The van der Waals surface area contributed by atoms with Crippen LogP contribution < -0.4 is 24.7 Å². The third-order valence-corrected chi connectivity index (χ3v) is 4.37. The maximum atomic E-state index is 6.42. The van der Waals surface area contributed by atoms with E-state index in [9.17, 15) is 0 Å². The minimum Gasteiger partial charge on any atom is -0.493 e. The molecule has 3 aromatic rings. The molecule has 1 aromatic heterocycles. The second-order valence-electron chi connectivity index (χ2n) is 6.16. The lowest BCUT2D eigenvalue weighted by Crippen LogP contribution is -2.14. The monoisotopic (exact) mass is 398 g/mol. The largest absolute Gasteiger partial charge is 0.493 e. The number of nitrogens with one attached hydrogen (secondary N) is 1. The maximum absolute atomic E-state index is 6.42.